The minimum absolute atomic E-state index is 0.0364. The second kappa shape index (κ2) is 3.38. The van der Waals surface area contributed by atoms with Crippen LogP contribution in [0.3, 0.4) is 0 Å². The quantitative estimate of drug-likeness (QED) is 0.502. The van der Waals surface area contributed by atoms with Gasteiger partial charge in [0, 0.05) is 0 Å². The van der Waals surface area contributed by atoms with Crippen molar-refractivity contribution < 1.29 is 29.5 Å². The van der Waals surface area contributed by atoms with Crippen LogP contribution < -0.4 is 0 Å². The molecule has 3 N–H and O–H groups in total. The van der Waals surface area contributed by atoms with Gasteiger partial charge in [-0.1, -0.05) is 0 Å². The molecule has 0 aromatic carbocycles. The van der Waals surface area contributed by atoms with Gasteiger partial charge >= 0.3 is 0 Å². The largest absolute Gasteiger partial charge is 0.394 e. The molecular formula is C9H16O6. The van der Waals surface area contributed by atoms with Gasteiger partial charge in [0.15, 0.2) is 5.79 Å². The Kier molecular flexibility index (Phi) is 2.53. The van der Waals surface area contributed by atoms with Gasteiger partial charge in [-0.15, -0.1) is 0 Å². The van der Waals surface area contributed by atoms with E-state index in [0.29, 0.717) is 0 Å². The summed E-state index contributed by atoms with van der Waals surface area (Å²) in [5.74, 6) is -2.21. The smallest absolute Gasteiger partial charge is 0.224 e. The van der Waals surface area contributed by atoms with Crippen LogP contribution in [0.4, 0.5) is 0 Å². The Bertz CT molecular complexity index is 255. The van der Waals surface area contributed by atoms with Crippen molar-refractivity contribution in [3.63, 3.8) is 0 Å². The third-order valence-electron chi connectivity index (χ3n) is 2.73. The number of ether oxygens (including phenoxy) is 3. The van der Waals surface area contributed by atoms with Gasteiger partial charge < -0.3 is 29.5 Å². The van der Waals surface area contributed by atoms with E-state index in [9.17, 15) is 10.2 Å². The predicted molar refractivity (Wildman–Crippen MR) is 47.8 cm³/mol. The molecule has 88 valence electrons. The maximum absolute atomic E-state index is 9.79. The molecule has 2 aliphatic rings. The average Bonchev–Trinajstić information content (AvgIpc) is 2.60. The first-order chi connectivity index (χ1) is 6.90. The molecule has 0 bridgehead atoms. The lowest BCUT2D eigenvalue weighted by molar-refractivity contribution is -0.270. The molecule has 4 atom stereocenters. The maximum atomic E-state index is 9.79. The van der Waals surface area contributed by atoms with Crippen LogP contribution in [-0.2, 0) is 14.2 Å². The molecule has 6 nitrogen and oxygen atoms in total. The fourth-order valence-corrected chi connectivity index (χ4v) is 1.96. The first-order valence-corrected chi connectivity index (χ1v) is 4.89. The SMILES string of the molecule is CC1(C)OC[C@@]2(O[C@H](CO)[C@@H](O)[C@@H]2O)O1. The van der Waals surface area contributed by atoms with Gasteiger partial charge in [-0.2, -0.15) is 0 Å². The van der Waals surface area contributed by atoms with Crippen molar-refractivity contribution in [2.24, 2.45) is 0 Å². The van der Waals surface area contributed by atoms with E-state index in [1.54, 1.807) is 13.8 Å². The Morgan fingerprint density at radius 3 is 2.40 bits per heavy atom. The average molecular weight is 220 g/mol. The van der Waals surface area contributed by atoms with Gasteiger partial charge in [-0.25, -0.2) is 0 Å². The topological polar surface area (TPSA) is 88.4 Å². The monoisotopic (exact) mass is 220 g/mol. The van der Waals surface area contributed by atoms with Gasteiger partial charge in [0.25, 0.3) is 0 Å². The highest BCUT2D eigenvalue weighted by Crippen LogP contribution is 2.41. The molecule has 2 heterocycles. The lowest BCUT2D eigenvalue weighted by atomic mass is 10.1. The molecule has 2 rings (SSSR count). The van der Waals surface area contributed by atoms with E-state index in [2.05, 4.69) is 0 Å². The first-order valence-electron chi connectivity index (χ1n) is 4.89. The van der Waals surface area contributed by atoms with Crippen LogP contribution in [0.1, 0.15) is 13.8 Å². The van der Waals surface area contributed by atoms with Crippen molar-refractivity contribution in [1.82, 2.24) is 0 Å². The lowest BCUT2D eigenvalue weighted by Gasteiger charge is -2.26. The number of rotatable bonds is 1. The van der Waals surface area contributed by atoms with E-state index in [1.807, 2.05) is 0 Å². The van der Waals surface area contributed by atoms with Crippen LogP contribution in [0.15, 0.2) is 0 Å². The summed E-state index contributed by atoms with van der Waals surface area (Å²) in [5.41, 5.74) is 0. The number of aliphatic hydroxyl groups excluding tert-OH is 3. The normalized spacial score (nSPS) is 49.0. The van der Waals surface area contributed by atoms with Crippen molar-refractivity contribution >= 4 is 0 Å². The van der Waals surface area contributed by atoms with E-state index < -0.39 is 29.9 Å². The van der Waals surface area contributed by atoms with Crippen molar-refractivity contribution in [3.8, 4) is 0 Å². The first kappa shape index (κ1) is 11.3. The highest BCUT2D eigenvalue weighted by molar-refractivity contribution is 4.99. The molecule has 0 aromatic rings. The fraction of sp³-hybridized carbons (Fsp3) is 1.00. The summed E-state index contributed by atoms with van der Waals surface area (Å²) >= 11 is 0. The Morgan fingerprint density at radius 1 is 1.33 bits per heavy atom. The van der Waals surface area contributed by atoms with Crippen LogP contribution in [-0.4, -0.2) is 58.4 Å². The minimum atomic E-state index is -1.35. The number of hydrogen-bond acceptors (Lipinski definition) is 6. The summed E-state index contributed by atoms with van der Waals surface area (Å²) in [6.07, 6.45) is -3.21. The van der Waals surface area contributed by atoms with Gasteiger partial charge in [0.05, 0.1) is 6.61 Å². The number of aliphatic hydroxyl groups is 3. The third kappa shape index (κ3) is 1.67. The van der Waals surface area contributed by atoms with Crippen molar-refractivity contribution in [3.05, 3.63) is 0 Å². The van der Waals surface area contributed by atoms with Gasteiger partial charge in [-0.05, 0) is 13.8 Å². The molecule has 15 heavy (non-hydrogen) atoms. The Labute approximate surface area is 87.4 Å². The fourth-order valence-electron chi connectivity index (χ4n) is 1.96. The van der Waals surface area contributed by atoms with Gasteiger partial charge in [-0.3, -0.25) is 0 Å². The van der Waals surface area contributed by atoms with Crippen molar-refractivity contribution in [2.45, 2.75) is 43.7 Å². The molecule has 0 aromatic heterocycles. The predicted octanol–water partition coefficient (Wildman–Crippen LogP) is -1.42. The molecule has 1 spiro atoms. The summed E-state index contributed by atoms with van der Waals surface area (Å²) in [6, 6.07) is 0. The van der Waals surface area contributed by atoms with Gasteiger partial charge in [0.1, 0.15) is 24.9 Å². The van der Waals surface area contributed by atoms with E-state index in [-0.39, 0.29) is 13.2 Å². The molecule has 0 amide bonds. The molecule has 0 saturated carbocycles. The number of hydrogen-bond donors (Lipinski definition) is 3. The summed E-state index contributed by atoms with van der Waals surface area (Å²) in [4.78, 5) is 0. The molecular weight excluding hydrogens is 204 g/mol. The molecule has 2 aliphatic heterocycles. The zero-order chi connectivity index (χ0) is 11.3. The van der Waals surface area contributed by atoms with E-state index in [4.69, 9.17) is 19.3 Å². The Morgan fingerprint density at radius 2 is 2.00 bits per heavy atom. The zero-order valence-electron chi connectivity index (χ0n) is 8.71. The lowest BCUT2D eigenvalue weighted by Crippen LogP contribution is -2.46. The van der Waals surface area contributed by atoms with Crippen LogP contribution in [0.5, 0.6) is 0 Å². The second-order valence-corrected chi connectivity index (χ2v) is 4.38. The maximum Gasteiger partial charge on any atom is 0.224 e. The molecule has 0 radical (unpaired) electrons. The summed E-state index contributed by atoms with van der Waals surface area (Å²) in [6.45, 7) is 3.05. The molecule has 6 heteroatoms. The molecule has 0 aliphatic carbocycles. The van der Waals surface area contributed by atoms with Crippen LogP contribution >= 0.6 is 0 Å². The van der Waals surface area contributed by atoms with E-state index in [0.717, 1.165) is 0 Å². The molecule has 2 saturated heterocycles. The van der Waals surface area contributed by atoms with Gasteiger partial charge in [0.2, 0.25) is 5.79 Å². The van der Waals surface area contributed by atoms with Crippen LogP contribution in [0.2, 0.25) is 0 Å². The summed E-state index contributed by atoms with van der Waals surface area (Å²) in [5, 5.41) is 28.3. The van der Waals surface area contributed by atoms with E-state index >= 15 is 0 Å². The molecule has 0 unspecified atom stereocenters. The third-order valence-corrected chi connectivity index (χ3v) is 2.73. The Hall–Kier alpha value is -0.240. The highest BCUT2D eigenvalue weighted by atomic mass is 16.8. The Balaban J connectivity index is 2.18. The van der Waals surface area contributed by atoms with Crippen molar-refractivity contribution in [2.75, 3.05) is 13.2 Å². The standard InChI is InChI=1S/C9H16O6/c1-8(2)13-4-9(15-8)7(12)6(11)5(3-10)14-9/h5-7,10-12H,3-4H2,1-2H3/t5-,6-,7+,9-/m1/s1. The minimum Gasteiger partial charge on any atom is -0.394 e. The summed E-state index contributed by atoms with van der Waals surface area (Å²) in [7, 11) is 0. The second-order valence-electron chi connectivity index (χ2n) is 4.38. The zero-order valence-corrected chi connectivity index (χ0v) is 8.71. The van der Waals surface area contributed by atoms with Crippen molar-refractivity contribution in [1.29, 1.82) is 0 Å². The van der Waals surface area contributed by atoms with Crippen LogP contribution in [0.25, 0.3) is 0 Å². The summed E-state index contributed by atoms with van der Waals surface area (Å²) < 4.78 is 16.1. The highest BCUT2D eigenvalue weighted by Gasteiger charge is 2.61. The van der Waals surface area contributed by atoms with Crippen LogP contribution in [0, 0.1) is 0 Å². The molecule has 2 fully saturated rings. The van der Waals surface area contributed by atoms with E-state index in [1.165, 1.54) is 0 Å².